The van der Waals surface area contributed by atoms with Gasteiger partial charge in [-0.2, -0.15) is 5.10 Å². The molecule has 0 fully saturated rings. The van der Waals surface area contributed by atoms with Crippen LogP contribution in [0.2, 0.25) is 5.02 Å². The molecule has 2 N–H and O–H groups in total. The first-order valence-corrected chi connectivity index (χ1v) is 10.3. The SMILES string of the molecule is CCCCCCCCCCCCNC(=S)NN=Cc1ccccc1Cl. The van der Waals surface area contributed by atoms with Gasteiger partial charge in [0.2, 0.25) is 0 Å². The van der Waals surface area contributed by atoms with Crippen LogP contribution in [0.4, 0.5) is 0 Å². The van der Waals surface area contributed by atoms with Gasteiger partial charge in [-0.25, -0.2) is 0 Å². The van der Waals surface area contributed by atoms with E-state index in [-0.39, 0.29) is 0 Å². The lowest BCUT2D eigenvalue weighted by Crippen LogP contribution is -2.32. The molecular weight excluding hydrogens is 350 g/mol. The lowest BCUT2D eigenvalue weighted by molar-refractivity contribution is 0.554. The monoisotopic (exact) mass is 381 g/mol. The minimum absolute atomic E-state index is 0.555. The standard InChI is InChI=1S/C20H32ClN3S/c1-2-3-4-5-6-7-8-9-10-13-16-22-20(25)24-23-17-18-14-11-12-15-19(18)21/h11-12,14-15,17H,2-10,13,16H2,1H3,(H2,22,24,25). The topological polar surface area (TPSA) is 36.4 Å². The normalized spacial score (nSPS) is 11.0. The number of benzene rings is 1. The van der Waals surface area contributed by atoms with Crippen LogP contribution in [0.1, 0.15) is 76.7 Å². The van der Waals surface area contributed by atoms with Crippen molar-refractivity contribution < 1.29 is 0 Å². The lowest BCUT2D eigenvalue weighted by atomic mass is 10.1. The number of halogens is 1. The molecule has 1 aromatic rings. The van der Waals surface area contributed by atoms with Crippen molar-refractivity contribution in [2.24, 2.45) is 5.10 Å². The van der Waals surface area contributed by atoms with Crippen LogP contribution in [0, 0.1) is 0 Å². The number of thiocarbonyl (C=S) groups is 1. The van der Waals surface area contributed by atoms with Gasteiger partial charge in [-0.15, -0.1) is 0 Å². The second-order valence-corrected chi connectivity index (χ2v) is 7.14. The molecule has 0 amide bonds. The van der Waals surface area contributed by atoms with Crippen molar-refractivity contribution in [2.45, 2.75) is 71.1 Å². The molecule has 1 rings (SSSR count). The maximum absolute atomic E-state index is 6.06. The first-order chi connectivity index (χ1) is 12.2. The molecule has 0 aliphatic carbocycles. The minimum atomic E-state index is 0.555. The van der Waals surface area contributed by atoms with E-state index < -0.39 is 0 Å². The largest absolute Gasteiger partial charge is 0.361 e. The maximum atomic E-state index is 6.06. The Bertz CT molecular complexity index is 505. The summed E-state index contributed by atoms with van der Waals surface area (Å²) in [5.74, 6) is 0. The first kappa shape index (κ1) is 21.9. The Morgan fingerprint density at radius 2 is 1.60 bits per heavy atom. The number of rotatable bonds is 13. The van der Waals surface area contributed by atoms with E-state index in [1.807, 2.05) is 24.3 Å². The molecule has 0 aromatic heterocycles. The second-order valence-electron chi connectivity index (χ2n) is 6.33. The summed E-state index contributed by atoms with van der Waals surface area (Å²) in [6.07, 6.45) is 15.1. The van der Waals surface area contributed by atoms with Crippen molar-refractivity contribution in [3.63, 3.8) is 0 Å². The molecule has 0 saturated heterocycles. The van der Waals surface area contributed by atoms with E-state index in [9.17, 15) is 0 Å². The highest BCUT2D eigenvalue weighted by Crippen LogP contribution is 2.12. The fourth-order valence-corrected chi connectivity index (χ4v) is 2.93. The van der Waals surface area contributed by atoms with Crippen molar-refractivity contribution >= 4 is 35.1 Å². The zero-order valence-corrected chi connectivity index (χ0v) is 17.0. The van der Waals surface area contributed by atoms with Gasteiger partial charge in [0, 0.05) is 17.1 Å². The van der Waals surface area contributed by atoms with Gasteiger partial charge >= 0.3 is 0 Å². The van der Waals surface area contributed by atoms with Crippen LogP contribution in [0.15, 0.2) is 29.4 Å². The fourth-order valence-electron chi connectivity index (χ4n) is 2.59. The average Bonchev–Trinajstić information content (AvgIpc) is 2.61. The van der Waals surface area contributed by atoms with Gasteiger partial charge in [0.05, 0.1) is 6.21 Å². The summed E-state index contributed by atoms with van der Waals surface area (Å²) in [7, 11) is 0. The second kappa shape index (κ2) is 15.2. The third kappa shape index (κ3) is 12.0. The van der Waals surface area contributed by atoms with E-state index in [0.29, 0.717) is 10.1 Å². The van der Waals surface area contributed by atoms with Gasteiger partial charge in [0.25, 0.3) is 0 Å². The molecule has 5 heteroatoms. The molecule has 1 aromatic carbocycles. The van der Waals surface area contributed by atoms with Crippen LogP contribution in [0.5, 0.6) is 0 Å². The van der Waals surface area contributed by atoms with Crippen LogP contribution >= 0.6 is 23.8 Å². The van der Waals surface area contributed by atoms with E-state index in [4.69, 9.17) is 23.8 Å². The van der Waals surface area contributed by atoms with Crippen molar-refractivity contribution in [1.29, 1.82) is 0 Å². The number of unbranched alkanes of at least 4 members (excludes halogenated alkanes) is 9. The predicted octanol–water partition coefficient (Wildman–Crippen LogP) is 6.06. The highest BCUT2D eigenvalue weighted by atomic mass is 35.5. The van der Waals surface area contributed by atoms with Crippen LogP contribution in [-0.4, -0.2) is 17.9 Å². The van der Waals surface area contributed by atoms with Crippen LogP contribution < -0.4 is 10.7 Å². The van der Waals surface area contributed by atoms with Gasteiger partial charge in [-0.1, -0.05) is 94.5 Å². The smallest absolute Gasteiger partial charge is 0.186 e. The Labute approximate surface area is 163 Å². The molecule has 0 aliphatic heterocycles. The highest BCUT2D eigenvalue weighted by Gasteiger charge is 1.96. The molecule has 25 heavy (non-hydrogen) atoms. The van der Waals surface area contributed by atoms with Gasteiger partial charge in [-0.05, 0) is 24.7 Å². The molecule has 0 radical (unpaired) electrons. The molecule has 0 heterocycles. The average molecular weight is 382 g/mol. The Balaban J connectivity index is 1.94. The third-order valence-electron chi connectivity index (χ3n) is 4.09. The molecule has 0 spiro atoms. The maximum Gasteiger partial charge on any atom is 0.186 e. The van der Waals surface area contributed by atoms with Crippen LogP contribution in [0.3, 0.4) is 0 Å². The van der Waals surface area contributed by atoms with Crippen molar-refractivity contribution in [3.8, 4) is 0 Å². The van der Waals surface area contributed by atoms with E-state index >= 15 is 0 Å². The van der Waals surface area contributed by atoms with E-state index in [1.54, 1.807) is 6.21 Å². The van der Waals surface area contributed by atoms with E-state index in [1.165, 1.54) is 57.8 Å². The quantitative estimate of drug-likeness (QED) is 0.189. The number of hydrogen-bond acceptors (Lipinski definition) is 2. The number of hydrogen-bond donors (Lipinski definition) is 2. The third-order valence-corrected chi connectivity index (χ3v) is 4.67. The number of nitrogens with zero attached hydrogens (tertiary/aromatic N) is 1. The number of nitrogens with one attached hydrogen (secondary N) is 2. The first-order valence-electron chi connectivity index (χ1n) is 9.55. The summed E-state index contributed by atoms with van der Waals surface area (Å²) in [4.78, 5) is 0. The molecule has 0 bridgehead atoms. The summed E-state index contributed by atoms with van der Waals surface area (Å²) >= 11 is 11.3. The molecule has 3 nitrogen and oxygen atoms in total. The highest BCUT2D eigenvalue weighted by molar-refractivity contribution is 7.80. The van der Waals surface area contributed by atoms with Crippen LogP contribution in [-0.2, 0) is 0 Å². The van der Waals surface area contributed by atoms with Gasteiger partial charge in [0.1, 0.15) is 0 Å². The van der Waals surface area contributed by atoms with Gasteiger partial charge in [-0.3, -0.25) is 5.43 Å². The predicted molar refractivity (Wildman–Crippen MR) is 115 cm³/mol. The molecule has 0 unspecified atom stereocenters. The summed E-state index contributed by atoms with van der Waals surface area (Å²) in [6, 6.07) is 7.57. The summed E-state index contributed by atoms with van der Waals surface area (Å²) in [5.41, 5.74) is 3.69. The zero-order chi connectivity index (χ0) is 18.2. The van der Waals surface area contributed by atoms with Crippen molar-refractivity contribution in [2.75, 3.05) is 6.54 Å². The van der Waals surface area contributed by atoms with Crippen molar-refractivity contribution in [3.05, 3.63) is 34.9 Å². The molecule has 0 saturated carbocycles. The summed E-state index contributed by atoms with van der Waals surface area (Å²) in [6.45, 7) is 3.16. The van der Waals surface area contributed by atoms with Crippen LogP contribution in [0.25, 0.3) is 0 Å². The molecule has 140 valence electrons. The number of hydrazone groups is 1. The zero-order valence-electron chi connectivity index (χ0n) is 15.4. The Kier molecular flexibility index (Phi) is 13.3. The fraction of sp³-hybridized carbons (Fsp3) is 0.600. The Morgan fingerprint density at radius 3 is 2.24 bits per heavy atom. The summed E-state index contributed by atoms with van der Waals surface area (Å²) < 4.78 is 0. The Morgan fingerprint density at radius 1 is 1.00 bits per heavy atom. The minimum Gasteiger partial charge on any atom is -0.361 e. The van der Waals surface area contributed by atoms with Gasteiger partial charge in [0.15, 0.2) is 5.11 Å². The summed E-state index contributed by atoms with van der Waals surface area (Å²) in [5, 5.41) is 8.52. The molecular formula is C20H32ClN3S. The van der Waals surface area contributed by atoms with Crippen molar-refractivity contribution in [1.82, 2.24) is 10.7 Å². The van der Waals surface area contributed by atoms with Gasteiger partial charge < -0.3 is 5.32 Å². The lowest BCUT2D eigenvalue weighted by Gasteiger charge is -2.07. The Hall–Kier alpha value is -1.13. The molecule has 0 atom stereocenters. The molecule has 0 aliphatic rings. The van der Waals surface area contributed by atoms with E-state index in [2.05, 4.69) is 22.8 Å². The van der Waals surface area contributed by atoms with E-state index in [0.717, 1.165) is 18.5 Å².